The molecule has 3 N–H and O–H groups in total. The first-order valence-corrected chi connectivity index (χ1v) is 9.21. The number of rotatable bonds is 7. The van der Waals surface area contributed by atoms with Crippen molar-refractivity contribution in [2.45, 2.75) is 30.3 Å². The van der Waals surface area contributed by atoms with E-state index in [-0.39, 0.29) is 23.8 Å². The van der Waals surface area contributed by atoms with Gasteiger partial charge in [-0.2, -0.15) is 0 Å². The van der Waals surface area contributed by atoms with E-state index >= 15 is 0 Å². The van der Waals surface area contributed by atoms with Crippen LogP contribution >= 0.6 is 11.8 Å². The van der Waals surface area contributed by atoms with Crippen LogP contribution in [0.2, 0.25) is 0 Å². The average Bonchev–Trinajstić information content (AvgIpc) is 2.66. The highest BCUT2D eigenvalue weighted by atomic mass is 32.2. The van der Waals surface area contributed by atoms with E-state index in [1.165, 1.54) is 13.2 Å². The van der Waals surface area contributed by atoms with Crippen LogP contribution in [0.1, 0.15) is 18.2 Å². The van der Waals surface area contributed by atoms with Crippen molar-refractivity contribution in [3.05, 3.63) is 58.0 Å². The minimum atomic E-state index is -0.709. The van der Waals surface area contributed by atoms with E-state index in [1.807, 2.05) is 30.3 Å². The Labute approximate surface area is 165 Å². The van der Waals surface area contributed by atoms with Crippen LogP contribution in [0, 0.1) is 0 Å². The summed E-state index contributed by atoms with van der Waals surface area (Å²) in [6.07, 6.45) is -0.156. The third-order valence-corrected chi connectivity index (χ3v) is 4.50. The van der Waals surface area contributed by atoms with Crippen molar-refractivity contribution >= 4 is 29.7 Å². The summed E-state index contributed by atoms with van der Waals surface area (Å²) in [6, 6.07) is 9.82. The summed E-state index contributed by atoms with van der Waals surface area (Å²) in [6.45, 7) is 1.85. The lowest BCUT2D eigenvalue weighted by molar-refractivity contribution is -0.139. The molecule has 2 rings (SSSR count). The van der Waals surface area contributed by atoms with Crippen LogP contribution in [0.3, 0.4) is 0 Å². The molecule has 1 aromatic heterocycles. The molecule has 2 aromatic rings. The number of carbonyl (C=O) groups excluding carboxylic acids is 3. The molecule has 0 saturated carbocycles. The molecule has 0 saturated heterocycles. The number of amides is 3. The summed E-state index contributed by atoms with van der Waals surface area (Å²) in [5, 5.41) is 4.28. The quantitative estimate of drug-likeness (QED) is 0.356. The molecule has 1 heterocycles. The van der Waals surface area contributed by atoms with E-state index in [2.05, 4.69) is 25.3 Å². The number of aromatic nitrogens is 2. The monoisotopic (exact) mass is 404 g/mol. The zero-order valence-corrected chi connectivity index (χ0v) is 16.2. The molecule has 9 nitrogen and oxygen atoms in total. The molecular formula is C18H20N4O5S. The van der Waals surface area contributed by atoms with E-state index in [0.717, 1.165) is 17.3 Å². The Morgan fingerprint density at radius 1 is 1.25 bits per heavy atom. The van der Waals surface area contributed by atoms with Gasteiger partial charge in [0.05, 0.1) is 24.5 Å². The number of carbonyl (C=O) groups is 3. The predicted molar refractivity (Wildman–Crippen MR) is 103 cm³/mol. The van der Waals surface area contributed by atoms with Gasteiger partial charge in [0, 0.05) is 12.6 Å². The normalized spacial score (nSPS) is 11.4. The van der Waals surface area contributed by atoms with E-state index in [1.54, 1.807) is 6.92 Å². The standard InChI is InChI=1S/C18H20N4O5S/c1-11(16(25)22-17(26)19-10-12-6-4-3-5-7-12)28-18-20-13(8-14(23)21-18)9-15(24)27-2/h3-8,11H,9-10H2,1-2H3,(H,20,21,23)(H2,19,22,25,26)/t11-/m0/s1. The van der Waals surface area contributed by atoms with Crippen molar-refractivity contribution in [3.8, 4) is 0 Å². The van der Waals surface area contributed by atoms with Crippen molar-refractivity contribution in [2.75, 3.05) is 7.11 Å². The maximum absolute atomic E-state index is 12.2. The molecule has 148 valence electrons. The fraction of sp³-hybridized carbons (Fsp3) is 0.278. The topological polar surface area (TPSA) is 130 Å². The number of H-pyrrole nitrogens is 1. The summed E-state index contributed by atoms with van der Waals surface area (Å²) >= 11 is 0.960. The maximum Gasteiger partial charge on any atom is 0.321 e. The van der Waals surface area contributed by atoms with Gasteiger partial charge in [0.15, 0.2) is 5.16 Å². The third-order valence-electron chi connectivity index (χ3n) is 3.52. The van der Waals surface area contributed by atoms with Crippen LogP contribution in [-0.4, -0.2) is 40.2 Å². The fourth-order valence-corrected chi connectivity index (χ4v) is 2.94. The van der Waals surface area contributed by atoms with Gasteiger partial charge in [-0.05, 0) is 12.5 Å². The number of urea groups is 1. The molecule has 0 aliphatic heterocycles. The lowest BCUT2D eigenvalue weighted by Gasteiger charge is -2.12. The van der Waals surface area contributed by atoms with Gasteiger partial charge >= 0.3 is 12.0 Å². The van der Waals surface area contributed by atoms with E-state index in [4.69, 9.17) is 0 Å². The first-order valence-electron chi connectivity index (χ1n) is 8.33. The third kappa shape index (κ3) is 6.88. The van der Waals surface area contributed by atoms with Crippen molar-refractivity contribution in [2.24, 2.45) is 0 Å². The van der Waals surface area contributed by atoms with Crippen molar-refractivity contribution in [3.63, 3.8) is 0 Å². The Bertz CT molecular complexity index is 900. The van der Waals surface area contributed by atoms with Gasteiger partial charge in [-0.25, -0.2) is 9.78 Å². The lowest BCUT2D eigenvalue weighted by atomic mass is 10.2. The van der Waals surface area contributed by atoms with Crippen LogP contribution in [0.15, 0.2) is 46.3 Å². The number of benzene rings is 1. The number of hydrogen-bond donors (Lipinski definition) is 3. The Kier molecular flexibility index (Phi) is 7.76. The highest BCUT2D eigenvalue weighted by Gasteiger charge is 2.19. The maximum atomic E-state index is 12.2. The van der Waals surface area contributed by atoms with Crippen LogP contribution in [0.25, 0.3) is 0 Å². The van der Waals surface area contributed by atoms with Gasteiger partial charge in [0.1, 0.15) is 0 Å². The average molecular weight is 404 g/mol. The van der Waals surface area contributed by atoms with Crippen LogP contribution in [0.4, 0.5) is 4.79 Å². The van der Waals surface area contributed by atoms with Gasteiger partial charge in [-0.3, -0.25) is 19.7 Å². The zero-order valence-electron chi connectivity index (χ0n) is 15.4. The Morgan fingerprint density at radius 3 is 2.64 bits per heavy atom. The molecule has 1 aromatic carbocycles. The first-order chi connectivity index (χ1) is 13.4. The van der Waals surface area contributed by atoms with E-state index in [0.29, 0.717) is 0 Å². The summed E-state index contributed by atoms with van der Waals surface area (Å²) in [5.74, 6) is -1.08. The molecule has 10 heteroatoms. The number of imide groups is 1. The summed E-state index contributed by atoms with van der Waals surface area (Å²) in [4.78, 5) is 53.7. The summed E-state index contributed by atoms with van der Waals surface area (Å²) in [7, 11) is 1.24. The van der Waals surface area contributed by atoms with Crippen molar-refractivity contribution < 1.29 is 19.1 Å². The van der Waals surface area contributed by atoms with Crippen LogP contribution in [-0.2, 0) is 27.3 Å². The van der Waals surface area contributed by atoms with Crippen molar-refractivity contribution in [1.82, 2.24) is 20.6 Å². The van der Waals surface area contributed by atoms with Crippen LogP contribution in [0.5, 0.6) is 0 Å². The largest absolute Gasteiger partial charge is 0.469 e. The van der Waals surface area contributed by atoms with Gasteiger partial charge in [0.25, 0.3) is 5.56 Å². The number of esters is 1. The molecule has 0 aliphatic carbocycles. The number of ether oxygens (including phenoxy) is 1. The van der Waals surface area contributed by atoms with Gasteiger partial charge < -0.3 is 15.0 Å². The summed E-state index contributed by atoms with van der Waals surface area (Å²) < 4.78 is 4.55. The van der Waals surface area contributed by atoms with E-state index < -0.39 is 28.7 Å². The van der Waals surface area contributed by atoms with Crippen LogP contribution < -0.4 is 16.2 Å². The minimum Gasteiger partial charge on any atom is -0.469 e. The smallest absolute Gasteiger partial charge is 0.321 e. The summed E-state index contributed by atoms with van der Waals surface area (Å²) in [5.41, 5.74) is 0.674. The number of hydrogen-bond acceptors (Lipinski definition) is 7. The lowest BCUT2D eigenvalue weighted by Crippen LogP contribution is -2.42. The molecule has 3 amide bonds. The molecule has 0 fully saturated rings. The Morgan fingerprint density at radius 2 is 1.96 bits per heavy atom. The second-order valence-corrected chi connectivity index (χ2v) is 7.04. The fourth-order valence-electron chi connectivity index (χ4n) is 2.11. The van der Waals surface area contributed by atoms with Crippen molar-refractivity contribution in [1.29, 1.82) is 0 Å². The molecule has 0 unspecified atom stereocenters. The predicted octanol–water partition coefficient (Wildman–Crippen LogP) is 0.992. The highest BCUT2D eigenvalue weighted by Crippen LogP contribution is 2.18. The molecular weight excluding hydrogens is 384 g/mol. The molecule has 0 aliphatic rings. The molecule has 0 spiro atoms. The zero-order chi connectivity index (χ0) is 20.5. The number of thioether (sulfide) groups is 1. The number of nitrogens with zero attached hydrogens (tertiary/aromatic N) is 1. The highest BCUT2D eigenvalue weighted by molar-refractivity contribution is 8.00. The number of nitrogens with one attached hydrogen (secondary N) is 3. The molecule has 28 heavy (non-hydrogen) atoms. The SMILES string of the molecule is COC(=O)Cc1cc(=O)[nH]c(S[C@@H](C)C(=O)NC(=O)NCc2ccccc2)n1. The van der Waals surface area contributed by atoms with Gasteiger partial charge in [-0.1, -0.05) is 42.1 Å². The molecule has 0 radical (unpaired) electrons. The molecule has 0 bridgehead atoms. The number of aromatic amines is 1. The minimum absolute atomic E-state index is 0.156. The molecule has 1 atom stereocenters. The Balaban J connectivity index is 1.90. The van der Waals surface area contributed by atoms with Gasteiger partial charge in [0.2, 0.25) is 5.91 Å². The second kappa shape index (κ2) is 10.3. The first kappa shape index (κ1) is 21.2. The number of methoxy groups -OCH3 is 1. The second-order valence-electron chi connectivity index (χ2n) is 5.71. The Hall–Kier alpha value is -3.14. The van der Waals surface area contributed by atoms with Gasteiger partial charge in [-0.15, -0.1) is 0 Å². The van der Waals surface area contributed by atoms with E-state index in [9.17, 15) is 19.2 Å².